The molecule has 1 aromatic carbocycles. The highest BCUT2D eigenvalue weighted by molar-refractivity contribution is 6.31. The second-order valence-corrected chi connectivity index (χ2v) is 7.14. The molecule has 1 N–H and O–H groups in total. The van der Waals surface area contributed by atoms with Crippen molar-refractivity contribution >= 4 is 17.5 Å². The number of nitrogens with zero attached hydrogens (tertiary/aromatic N) is 2. The molecule has 0 spiro atoms. The summed E-state index contributed by atoms with van der Waals surface area (Å²) in [5, 5.41) is 3.61. The van der Waals surface area contributed by atoms with Crippen molar-refractivity contribution in [2.75, 3.05) is 19.6 Å². The van der Waals surface area contributed by atoms with E-state index in [1.165, 1.54) is 19.5 Å². The number of carbonyl (C=O) groups is 1. The number of rotatable bonds is 4. The van der Waals surface area contributed by atoms with Crippen LogP contribution in [0.4, 0.5) is 0 Å². The number of carbonyl (C=O) groups excluding carboxylic acids is 1. The third-order valence-corrected chi connectivity index (χ3v) is 5.15. The molecule has 3 unspecified atom stereocenters. The van der Waals surface area contributed by atoms with Crippen LogP contribution in [0.1, 0.15) is 23.2 Å². The molecule has 6 heteroatoms. The number of aromatic nitrogens is 1. The van der Waals surface area contributed by atoms with Gasteiger partial charge in [0.15, 0.2) is 0 Å². The van der Waals surface area contributed by atoms with Crippen molar-refractivity contribution < 1.29 is 9.53 Å². The number of amides is 1. The van der Waals surface area contributed by atoms with Crippen LogP contribution in [0.5, 0.6) is 11.6 Å². The summed E-state index contributed by atoms with van der Waals surface area (Å²) in [5.41, 5.74) is 0.632. The van der Waals surface area contributed by atoms with E-state index in [1.807, 2.05) is 0 Å². The molecule has 2 aliphatic heterocycles. The molecule has 4 rings (SSSR count). The van der Waals surface area contributed by atoms with Crippen molar-refractivity contribution in [2.24, 2.45) is 5.92 Å². The Hall–Kier alpha value is -2.11. The lowest BCUT2D eigenvalue weighted by Crippen LogP contribution is -2.46. The summed E-state index contributed by atoms with van der Waals surface area (Å²) < 4.78 is 5.65. The number of pyridine rings is 1. The Kier molecular flexibility index (Phi) is 4.59. The Morgan fingerprint density at radius 3 is 2.84 bits per heavy atom. The lowest BCUT2D eigenvalue weighted by molar-refractivity contribution is 0.0909. The largest absolute Gasteiger partial charge is 0.438 e. The fourth-order valence-electron chi connectivity index (χ4n) is 3.67. The van der Waals surface area contributed by atoms with E-state index in [4.69, 9.17) is 16.3 Å². The van der Waals surface area contributed by atoms with E-state index in [1.54, 1.807) is 42.6 Å². The predicted octanol–water partition coefficient (Wildman–Crippen LogP) is 3.35. The van der Waals surface area contributed by atoms with E-state index in [2.05, 4.69) is 15.2 Å². The van der Waals surface area contributed by atoms with Gasteiger partial charge in [-0.15, -0.1) is 0 Å². The number of halogens is 1. The van der Waals surface area contributed by atoms with E-state index in [0.29, 0.717) is 22.2 Å². The maximum Gasteiger partial charge on any atom is 0.251 e. The first-order chi connectivity index (χ1) is 12.2. The van der Waals surface area contributed by atoms with Crippen LogP contribution in [0.25, 0.3) is 0 Å². The Labute approximate surface area is 152 Å². The van der Waals surface area contributed by atoms with E-state index in [0.717, 1.165) is 18.9 Å². The monoisotopic (exact) mass is 357 g/mol. The topological polar surface area (TPSA) is 54.5 Å². The highest BCUT2D eigenvalue weighted by Gasteiger charge is 2.32. The average molecular weight is 358 g/mol. The Morgan fingerprint density at radius 1 is 1.24 bits per heavy atom. The van der Waals surface area contributed by atoms with Crippen LogP contribution >= 0.6 is 11.6 Å². The smallest absolute Gasteiger partial charge is 0.251 e. The lowest BCUT2D eigenvalue weighted by atomic mass is 9.96. The summed E-state index contributed by atoms with van der Waals surface area (Å²) in [5.74, 6) is 1.65. The lowest BCUT2D eigenvalue weighted by Gasteiger charge is -2.30. The summed E-state index contributed by atoms with van der Waals surface area (Å²) in [6.45, 7) is 3.31. The van der Waals surface area contributed by atoms with E-state index < -0.39 is 0 Å². The minimum Gasteiger partial charge on any atom is -0.438 e. The van der Waals surface area contributed by atoms with E-state index in [-0.39, 0.29) is 11.9 Å². The van der Waals surface area contributed by atoms with Crippen molar-refractivity contribution in [3.8, 4) is 11.6 Å². The standard InChI is InChI=1S/C19H20ClN3O2/c20-17-2-1-8-21-19(17)25-16-5-3-14(4-6-16)18(24)22-15-10-13-7-9-23(11-13)12-15/h1-6,8,13,15H,7,9-12H2,(H,22,24). The van der Waals surface area contributed by atoms with Crippen LogP contribution in [-0.4, -0.2) is 41.5 Å². The van der Waals surface area contributed by atoms with Crippen molar-refractivity contribution in [2.45, 2.75) is 18.9 Å². The molecule has 2 bridgehead atoms. The third-order valence-electron chi connectivity index (χ3n) is 4.86. The van der Waals surface area contributed by atoms with Crippen molar-refractivity contribution in [1.82, 2.24) is 15.2 Å². The summed E-state index contributed by atoms with van der Waals surface area (Å²) in [4.78, 5) is 19.0. The number of fused-ring (bicyclic) bond motifs is 2. The quantitative estimate of drug-likeness (QED) is 0.911. The third kappa shape index (κ3) is 3.78. The molecule has 2 aliphatic rings. The van der Waals surface area contributed by atoms with Gasteiger partial charge in [-0.05, 0) is 61.7 Å². The molecule has 2 saturated heterocycles. The van der Waals surface area contributed by atoms with Gasteiger partial charge in [0.2, 0.25) is 5.88 Å². The van der Waals surface area contributed by atoms with Crippen molar-refractivity contribution in [3.63, 3.8) is 0 Å². The van der Waals surface area contributed by atoms with Crippen LogP contribution in [-0.2, 0) is 0 Å². The van der Waals surface area contributed by atoms with Crippen LogP contribution in [0.3, 0.4) is 0 Å². The van der Waals surface area contributed by atoms with Gasteiger partial charge in [0.25, 0.3) is 5.91 Å². The fraction of sp³-hybridized carbons (Fsp3) is 0.368. The average Bonchev–Trinajstić information content (AvgIpc) is 2.96. The number of nitrogens with one attached hydrogen (secondary N) is 1. The minimum absolute atomic E-state index is 0.0325. The molecule has 130 valence electrons. The van der Waals surface area contributed by atoms with Gasteiger partial charge < -0.3 is 15.0 Å². The zero-order chi connectivity index (χ0) is 17.2. The van der Waals surface area contributed by atoms with Crippen LogP contribution < -0.4 is 10.1 Å². The summed E-state index contributed by atoms with van der Waals surface area (Å²) in [6.07, 6.45) is 3.96. The first-order valence-corrected chi connectivity index (χ1v) is 8.97. The maximum atomic E-state index is 12.5. The Bertz CT molecular complexity index is 754. The Morgan fingerprint density at radius 2 is 2.08 bits per heavy atom. The number of benzene rings is 1. The molecule has 1 aromatic heterocycles. The highest BCUT2D eigenvalue weighted by atomic mass is 35.5. The van der Waals surface area contributed by atoms with Gasteiger partial charge in [-0.2, -0.15) is 0 Å². The molecule has 3 atom stereocenters. The van der Waals surface area contributed by atoms with Gasteiger partial charge in [-0.3, -0.25) is 4.79 Å². The van der Waals surface area contributed by atoms with Gasteiger partial charge in [-0.1, -0.05) is 11.6 Å². The molecule has 5 nitrogen and oxygen atoms in total. The molecule has 2 fully saturated rings. The summed E-state index contributed by atoms with van der Waals surface area (Å²) in [7, 11) is 0. The van der Waals surface area contributed by atoms with Gasteiger partial charge in [0.1, 0.15) is 10.8 Å². The summed E-state index contributed by atoms with van der Waals surface area (Å²) >= 11 is 6.04. The number of hydrogen-bond acceptors (Lipinski definition) is 4. The molecular formula is C19H20ClN3O2. The van der Waals surface area contributed by atoms with Crippen LogP contribution in [0, 0.1) is 5.92 Å². The molecular weight excluding hydrogens is 338 g/mol. The summed E-state index contributed by atoms with van der Waals surface area (Å²) in [6, 6.07) is 10.8. The molecule has 2 aromatic rings. The van der Waals surface area contributed by atoms with Crippen LogP contribution in [0.2, 0.25) is 5.02 Å². The highest BCUT2D eigenvalue weighted by Crippen LogP contribution is 2.28. The number of ether oxygens (including phenoxy) is 1. The number of hydrogen-bond donors (Lipinski definition) is 1. The first-order valence-electron chi connectivity index (χ1n) is 8.59. The van der Waals surface area contributed by atoms with E-state index in [9.17, 15) is 4.79 Å². The van der Waals surface area contributed by atoms with Gasteiger partial charge in [0, 0.05) is 30.9 Å². The second kappa shape index (κ2) is 7.02. The van der Waals surface area contributed by atoms with Crippen molar-refractivity contribution in [3.05, 3.63) is 53.2 Å². The molecule has 0 aliphatic carbocycles. The zero-order valence-electron chi connectivity index (χ0n) is 13.8. The van der Waals surface area contributed by atoms with E-state index >= 15 is 0 Å². The zero-order valence-corrected chi connectivity index (χ0v) is 14.6. The molecule has 0 radical (unpaired) electrons. The van der Waals surface area contributed by atoms with Gasteiger partial charge >= 0.3 is 0 Å². The molecule has 25 heavy (non-hydrogen) atoms. The second-order valence-electron chi connectivity index (χ2n) is 6.74. The number of piperidine rings is 1. The van der Waals surface area contributed by atoms with Gasteiger partial charge in [0.05, 0.1) is 0 Å². The molecule has 3 heterocycles. The first kappa shape index (κ1) is 16.4. The fourth-order valence-corrected chi connectivity index (χ4v) is 3.83. The minimum atomic E-state index is -0.0325. The van der Waals surface area contributed by atoms with Crippen molar-refractivity contribution in [1.29, 1.82) is 0 Å². The van der Waals surface area contributed by atoms with Crippen LogP contribution in [0.15, 0.2) is 42.6 Å². The molecule has 0 saturated carbocycles. The van der Waals surface area contributed by atoms with Gasteiger partial charge in [-0.25, -0.2) is 4.98 Å². The SMILES string of the molecule is O=C(NC1CC2CCN(C2)C1)c1ccc(Oc2ncccc2Cl)cc1. The normalized spacial score (nSPS) is 24.8. The predicted molar refractivity (Wildman–Crippen MR) is 96.2 cm³/mol. The maximum absolute atomic E-state index is 12.5. The molecule has 1 amide bonds. The Balaban J connectivity index is 1.38.